The number of primary amides is 1. The highest BCUT2D eigenvalue weighted by Crippen LogP contribution is 2.27. The fraction of sp³-hybridized carbons (Fsp3) is 0.273. The molecule has 6 heteroatoms. The maximum absolute atomic E-state index is 10.4. The molecule has 1 unspecified atom stereocenters. The van der Waals surface area contributed by atoms with Gasteiger partial charge in [0.25, 0.3) is 0 Å². The lowest BCUT2D eigenvalue weighted by atomic mass is 10.3. The molecule has 0 bridgehead atoms. The minimum Gasteiger partial charge on any atom is -0.450 e. The zero-order chi connectivity index (χ0) is 12.3. The predicted octanol–water partition coefficient (Wildman–Crippen LogP) is 1.82. The fourth-order valence-corrected chi connectivity index (χ4v) is 2.42. The lowest BCUT2D eigenvalue weighted by Gasteiger charge is -2.06. The van der Waals surface area contributed by atoms with E-state index in [2.05, 4.69) is 9.72 Å². The minimum absolute atomic E-state index is 0.0897. The van der Waals surface area contributed by atoms with Crippen LogP contribution >= 0.6 is 11.3 Å². The van der Waals surface area contributed by atoms with Gasteiger partial charge in [0.2, 0.25) is 0 Å². The summed E-state index contributed by atoms with van der Waals surface area (Å²) in [5.74, 6) is 0. The molecule has 17 heavy (non-hydrogen) atoms. The first kappa shape index (κ1) is 11.8. The maximum atomic E-state index is 10.4. The molecule has 2 aromatic rings. The zero-order valence-electron chi connectivity index (χ0n) is 9.00. The van der Waals surface area contributed by atoms with Crippen LogP contribution in [0.25, 0.3) is 10.2 Å². The highest BCUT2D eigenvalue weighted by Gasteiger charge is 2.13. The van der Waals surface area contributed by atoms with Gasteiger partial charge >= 0.3 is 6.09 Å². The molecule has 2 rings (SSSR count). The van der Waals surface area contributed by atoms with E-state index in [9.17, 15) is 9.90 Å². The Balaban J connectivity index is 2.03. The Labute approximate surface area is 102 Å². The third-order valence-electron chi connectivity index (χ3n) is 2.23. The summed E-state index contributed by atoms with van der Waals surface area (Å²) < 4.78 is 5.59. The third kappa shape index (κ3) is 2.92. The van der Waals surface area contributed by atoms with Gasteiger partial charge < -0.3 is 15.6 Å². The summed E-state index contributed by atoms with van der Waals surface area (Å²) in [4.78, 5) is 14.7. The van der Waals surface area contributed by atoms with Gasteiger partial charge in [-0.3, -0.25) is 0 Å². The van der Waals surface area contributed by atoms with E-state index in [0.29, 0.717) is 11.4 Å². The number of rotatable bonds is 4. The topological polar surface area (TPSA) is 85.4 Å². The standard InChI is InChI=1S/C11H12N2O3S/c12-11(15)16-6-5-8(14)10-13-7-3-1-2-4-9(7)17-10/h1-4,8,14H,5-6H2,(H2,12,15). The second-order valence-electron chi connectivity index (χ2n) is 3.49. The average molecular weight is 252 g/mol. The highest BCUT2D eigenvalue weighted by atomic mass is 32.1. The number of aliphatic hydroxyl groups excluding tert-OH is 1. The van der Waals surface area contributed by atoms with Crippen LogP contribution in [0, 0.1) is 0 Å². The van der Waals surface area contributed by atoms with Crippen LogP contribution < -0.4 is 5.73 Å². The second kappa shape index (κ2) is 5.11. The van der Waals surface area contributed by atoms with Gasteiger partial charge in [-0.1, -0.05) is 12.1 Å². The van der Waals surface area contributed by atoms with Crippen molar-refractivity contribution in [1.82, 2.24) is 4.98 Å². The quantitative estimate of drug-likeness (QED) is 0.869. The molecular weight excluding hydrogens is 240 g/mol. The number of nitrogens with two attached hydrogens (primary N) is 1. The smallest absolute Gasteiger partial charge is 0.404 e. The fourth-order valence-electron chi connectivity index (χ4n) is 1.43. The molecule has 1 atom stereocenters. The van der Waals surface area contributed by atoms with Crippen LogP contribution in [-0.2, 0) is 4.74 Å². The molecule has 0 aliphatic carbocycles. The Morgan fingerprint density at radius 3 is 3.00 bits per heavy atom. The van der Waals surface area contributed by atoms with Crippen molar-refractivity contribution in [3.63, 3.8) is 0 Å². The number of benzene rings is 1. The number of ether oxygens (including phenoxy) is 1. The number of amides is 1. The van der Waals surface area contributed by atoms with Crippen molar-refractivity contribution in [3.8, 4) is 0 Å². The molecule has 0 aliphatic rings. The van der Waals surface area contributed by atoms with E-state index in [-0.39, 0.29) is 6.61 Å². The van der Waals surface area contributed by atoms with Crippen molar-refractivity contribution < 1.29 is 14.6 Å². The lowest BCUT2D eigenvalue weighted by Crippen LogP contribution is -2.15. The molecular formula is C11H12N2O3S. The van der Waals surface area contributed by atoms with Gasteiger partial charge in [0.15, 0.2) is 0 Å². The van der Waals surface area contributed by atoms with Gasteiger partial charge in [0, 0.05) is 6.42 Å². The van der Waals surface area contributed by atoms with Crippen LogP contribution in [0.15, 0.2) is 24.3 Å². The number of carbonyl (C=O) groups is 1. The molecule has 0 saturated carbocycles. The first-order valence-corrected chi connectivity index (χ1v) is 5.94. The van der Waals surface area contributed by atoms with Gasteiger partial charge in [-0.2, -0.15) is 0 Å². The molecule has 1 aromatic heterocycles. The summed E-state index contributed by atoms with van der Waals surface area (Å²) >= 11 is 1.43. The number of aromatic nitrogens is 1. The van der Waals surface area contributed by atoms with Crippen molar-refractivity contribution in [1.29, 1.82) is 0 Å². The summed E-state index contributed by atoms with van der Waals surface area (Å²) in [5, 5.41) is 10.5. The molecule has 5 nitrogen and oxygen atoms in total. The number of thiazole rings is 1. The number of carbonyl (C=O) groups excluding carboxylic acids is 1. The average Bonchev–Trinajstić information content (AvgIpc) is 2.71. The summed E-state index contributed by atoms with van der Waals surface area (Å²) in [6, 6.07) is 7.66. The molecule has 1 aromatic carbocycles. The Hall–Kier alpha value is -1.66. The van der Waals surface area contributed by atoms with Crippen molar-refractivity contribution >= 4 is 27.6 Å². The van der Waals surface area contributed by atoms with Crippen LogP contribution in [0.5, 0.6) is 0 Å². The van der Waals surface area contributed by atoms with Crippen LogP contribution in [0.4, 0.5) is 4.79 Å². The normalized spacial score (nSPS) is 12.5. The summed E-state index contributed by atoms with van der Waals surface area (Å²) in [6.07, 6.45) is -1.27. The van der Waals surface area contributed by atoms with E-state index < -0.39 is 12.2 Å². The van der Waals surface area contributed by atoms with E-state index >= 15 is 0 Å². The van der Waals surface area contributed by atoms with Crippen molar-refractivity contribution in [2.75, 3.05) is 6.61 Å². The Morgan fingerprint density at radius 1 is 1.53 bits per heavy atom. The van der Waals surface area contributed by atoms with E-state index in [1.807, 2.05) is 24.3 Å². The Morgan fingerprint density at radius 2 is 2.29 bits per heavy atom. The first-order valence-electron chi connectivity index (χ1n) is 5.12. The number of nitrogens with zero attached hydrogens (tertiary/aromatic N) is 1. The summed E-state index contributed by atoms with van der Waals surface area (Å²) in [5.41, 5.74) is 5.69. The minimum atomic E-state index is -0.832. The van der Waals surface area contributed by atoms with Gasteiger partial charge in [0.05, 0.1) is 16.8 Å². The number of para-hydroxylation sites is 1. The second-order valence-corrected chi connectivity index (χ2v) is 4.55. The molecule has 0 aliphatic heterocycles. The molecule has 1 heterocycles. The Kier molecular flexibility index (Phi) is 3.55. The van der Waals surface area contributed by atoms with Crippen LogP contribution in [-0.4, -0.2) is 22.8 Å². The molecule has 0 spiro atoms. The van der Waals surface area contributed by atoms with E-state index in [4.69, 9.17) is 5.73 Å². The largest absolute Gasteiger partial charge is 0.450 e. The summed E-state index contributed by atoms with van der Waals surface area (Å²) in [6.45, 7) is 0.0897. The molecule has 0 saturated heterocycles. The van der Waals surface area contributed by atoms with E-state index in [0.717, 1.165) is 10.2 Å². The van der Waals surface area contributed by atoms with Gasteiger partial charge in [0.1, 0.15) is 11.1 Å². The van der Waals surface area contributed by atoms with Crippen molar-refractivity contribution in [2.24, 2.45) is 5.73 Å². The SMILES string of the molecule is NC(=O)OCCC(O)c1nc2ccccc2s1. The maximum Gasteiger partial charge on any atom is 0.404 e. The third-order valence-corrected chi connectivity index (χ3v) is 3.37. The van der Waals surface area contributed by atoms with Crippen LogP contribution in [0.1, 0.15) is 17.5 Å². The van der Waals surface area contributed by atoms with Gasteiger partial charge in [-0.05, 0) is 12.1 Å². The van der Waals surface area contributed by atoms with Crippen molar-refractivity contribution in [2.45, 2.75) is 12.5 Å². The molecule has 1 amide bonds. The zero-order valence-corrected chi connectivity index (χ0v) is 9.81. The molecule has 0 radical (unpaired) electrons. The van der Waals surface area contributed by atoms with Gasteiger partial charge in [-0.25, -0.2) is 9.78 Å². The summed E-state index contributed by atoms with van der Waals surface area (Å²) in [7, 11) is 0. The van der Waals surface area contributed by atoms with Crippen LogP contribution in [0.2, 0.25) is 0 Å². The predicted molar refractivity (Wildman–Crippen MR) is 64.7 cm³/mol. The Bertz CT molecular complexity index is 493. The van der Waals surface area contributed by atoms with Gasteiger partial charge in [-0.15, -0.1) is 11.3 Å². The number of fused-ring (bicyclic) bond motifs is 1. The lowest BCUT2D eigenvalue weighted by molar-refractivity contribution is 0.111. The number of aliphatic hydroxyl groups is 1. The first-order chi connectivity index (χ1) is 8.16. The molecule has 90 valence electrons. The van der Waals surface area contributed by atoms with E-state index in [1.165, 1.54) is 11.3 Å². The molecule has 3 N–H and O–H groups in total. The highest BCUT2D eigenvalue weighted by molar-refractivity contribution is 7.18. The monoisotopic (exact) mass is 252 g/mol. The molecule has 0 fully saturated rings. The van der Waals surface area contributed by atoms with E-state index in [1.54, 1.807) is 0 Å². The number of hydrogen-bond acceptors (Lipinski definition) is 5. The van der Waals surface area contributed by atoms with Crippen molar-refractivity contribution in [3.05, 3.63) is 29.3 Å². The van der Waals surface area contributed by atoms with Crippen LogP contribution in [0.3, 0.4) is 0 Å². The number of hydrogen-bond donors (Lipinski definition) is 2.